The zero-order chi connectivity index (χ0) is 10.6. The lowest BCUT2D eigenvalue weighted by Gasteiger charge is -2.02. The Hall–Kier alpha value is -0.410. The number of carbonyl (C=O) groups is 1. The van der Waals surface area contributed by atoms with Gasteiger partial charge in [-0.15, -0.1) is 11.6 Å². The first kappa shape index (κ1) is 11.7. The first-order valence-corrected chi connectivity index (χ1v) is 5.78. The maximum absolute atomic E-state index is 13.0. The predicted molar refractivity (Wildman–Crippen MR) is 58.7 cm³/mol. The van der Waals surface area contributed by atoms with Gasteiger partial charge in [-0.1, -0.05) is 15.9 Å². The second-order valence-electron chi connectivity index (χ2n) is 2.80. The molecule has 0 unspecified atom stereocenters. The van der Waals surface area contributed by atoms with Crippen LogP contribution in [0.2, 0.25) is 0 Å². The van der Waals surface area contributed by atoms with Crippen molar-refractivity contribution < 1.29 is 9.18 Å². The molecule has 0 fully saturated rings. The summed E-state index contributed by atoms with van der Waals surface area (Å²) in [4.78, 5) is 11.4. The molecule has 0 amide bonds. The summed E-state index contributed by atoms with van der Waals surface area (Å²) in [7, 11) is 0. The molecule has 0 radical (unpaired) electrons. The van der Waals surface area contributed by atoms with Gasteiger partial charge in [0.25, 0.3) is 0 Å². The molecule has 0 saturated carbocycles. The molecule has 1 aromatic rings. The van der Waals surface area contributed by atoms with E-state index in [1.165, 1.54) is 18.2 Å². The Labute approximate surface area is 95.4 Å². The van der Waals surface area contributed by atoms with Crippen molar-refractivity contribution in [3.63, 3.8) is 0 Å². The first-order chi connectivity index (χ1) is 6.69. The van der Waals surface area contributed by atoms with Crippen LogP contribution >= 0.6 is 27.5 Å². The third-order valence-corrected chi connectivity index (χ3v) is 2.52. The van der Waals surface area contributed by atoms with Crippen LogP contribution in [0.15, 0.2) is 18.2 Å². The lowest BCUT2D eigenvalue weighted by atomic mass is 10.1. The molecule has 0 bridgehead atoms. The van der Waals surface area contributed by atoms with E-state index in [1.807, 2.05) is 0 Å². The molecule has 0 saturated heterocycles. The highest BCUT2D eigenvalue weighted by Gasteiger charge is 2.08. The van der Waals surface area contributed by atoms with Crippen molar-refractivity contribution in [2.24, 2.45) is 0 Å². The molecule has 0 atom stereocenters. The maximum atomic E-state index is 13.0. The number of benzene rings is 1. The number of carbonyl (C=O) groups excluding carboxylic acids is 1. The third kappa shape index (κ3) is 2.79. The SMILES string of the molecule is O=C(CCBr)c1ccc(F)c(CCl)c1. The zero-order valence-corrected chi connectivity index (χ0v) is 9.74. The Morgan fingerprint density at radius 3 is 2.79 bits per heavy atom. The van der Waals surface area contributed by atoms with Crippen molar-refractivity contribution in [3.05, 3.63) is 35.1 Å². The molecular formula is C10H9BrClFO. The van der Waals surface area contributed by atoms with Crippen molar-refractivity contribution in [1.29, 1.82) is 0 Å². The minimum absolute atomic E-state index is 0.00626. The lowest BCUT2D eigenvalue weighted by Crippen LogP contribution is -2.01. The molecule has 76 valence electrons. The molecule has 0 aliphatic carbocycles. The minimum Gasteiger partial charge on any atom is -0.294 e. The second kappa shape index (κ2) is 5.47. The Morgan fingerprint density at radius 2 is 2.21 bits per heavy atom. The van der Waals surface area contributed by atoms with Gasteiger partial charge in [0.1, 0.15) is 5.82 Å². The second-order valence-corrected chi connectivity index (χ2v) is 3.86. The molecule has 0 aliphatic rings. The highest BCUT2D eigenvalue weighted by Crippen LogP contribution is 2.14. The summed E-state index contributed by atoms with van der Waals surface area (Å²) in [5.74, 6) is -0.287. The fourth-order valence-electron chi connectivity index (χ4n) is 1.08. The van der Waals surface area contributed by atoms with E-state index in [0.717, 1.165) is 0 Å². The summed E-state index contributed by atoms with van der Waals surface area (Å²) in [5.41, 5.74) is 0.883. The van der Waals surface area contributed by atoms with Crippen molar-refractivity contribution in [2.75, 3.05) is 5.33 Å². The van der Waals surface area contributed by atoms with E-state index in [2.05, 4.69) is 15.9 Å². The van der Waals surface area contributed by atoms with Gasteiger partial charge < -0.3 is 0 Å². The molecule has 0 heterocycles. The minimum atomic E-state index is -0.365. The molecule has 1 rings (SSSR count). The Morgan fingerprint density at radius 1 is 1.50 bits per heavy atom. The summed E-state index contributed by atoms with van der Waals surface area (Å²) >= 11 is 8.70. The van der Waals surface area contributed by atoms with Gasteiger partial charge in [-0.3, -0.25) is 4.79 Å². The van der Waals surface area contributed by atoms with Crippen LogP contribution in [0.3, 0.4) is 0 Å². The quantitative estimate of drug-likeness (QED) is 0.609. The van der Waals surface area contributed by atoms with E-state index in [0.29, 0.717) is 22.9 Å². The van der Waals surface area contributed by atoms with E-state index in [-0.39, 0.29) is 17.5 Å². The molecule has 14 heavy (non-hydrogen) atoms. The van der Waals surface area contributed by atoms with Gasteiger partial charge >= 0.3 is 0 Å². The van der Waals surface area contributed by atoms with Gasteiger partial charge in [-0.2, -0.15) is 0 Å². The van der Waals surface area contributed by atoms with Crippen LogP contribution in [0, 0.1) is 5.82 Å². The molecule has 0 spiro atoms. The van der Waals surface area contributed by atoms with Crippen molar-refractivity contribution in [1.82, 2.24) is 0 Å². The monoisotopic (exact) mass is 278 g/mol. The molecule has 4 heteroatoms. The van der Waals surface area contributed by atoms with E-state index < -0.39 is 0 Å². The van der Waals surface area contributed by atoms with Gasteiger partial charge in [0.05, 0.1) is 5.88 Å². The van der Waals surface area contributed by atoms with Crippen LogP contribution < -0.4 is 0 Å². The van der Waals surface area contributed by atoms with Gasteiger partial charge in [0.15, 0.2) is 5.78 Å². The number of halogens is 3. The molecule has 0 aromatic heterocycles. The maximum Gasteiger partial charge on any atom is 0.163 e. The highest BCUT2D eigenvalue weighted by molar-refractivity contribution is 9.09. The molecule has 1 aromatic carbocycles. The summed E-state index contributed by atoms with van der Waals surface area (Å²) in [6.07, 6.45) is 0.410. The van der Waals surface area contributed by atoms with Crippen molar-refractivity contribution >= 4 is 33.3 Å². The number of alkyl halides is 2. The average molecular weight is 280 g/mol. The average Bonchev–Trinajstić information content (AvgIpc) is 2.19. The van der Waals surface area contributed by atoms with Crippen LogP contribution in [-0.4, -0.2) is 11.1 Å². The predicted octanol–water partition coefficient (Wildman–Crippen LogP) is 3.53. The van der Waals surface area contributed by atoms with Gasteiger partial charge in [-0.25, -0.2) is 4.39 Å². The van der Waals surface area contributed by atoms with Gasteiger partial charge in [0.2, 0.25) is 0 Å². The number of Topliss-reactive ketones (excluding diaryl/α,β-unsaturated/α-hetero) is 1. The topological polar surface area (TPSA) is 17.1 Å². The summed E-state index contributed by atoms with van der Waals surface area (Å²) in [6.45, 7) is 0. The van der Waals surface area contributed by atoms with E-state index >= 15 is 0 Å². The summed E-state index contributed by atoms with van der Waals surface area (Å²) < 4.78 is 13.0. The fraction of sp³-hybridized carbons (Fsp3) is 0.300. The number of hydrogen-bond donors (Lipinski definition) is 0. The van der Waals surface area contributed by atoms with Crippen LogP contribution in [0.4, 0.5) is 4.39 Å². The van der Waals surface area contributed by atoms with Crippen LogP contribution in [-0.2, 0) is 5.88 Å². The van der Waals surface area contributed by atoms with Crippen molar-refractivity contribution in [2.45, 2.75) is 12.3 Å². The van der Waals surface area contributed by atoms with E-state index in [1.54, 1.807) is 0 Å². The Kier molecular flexibility index (Phi) is 4.55. The normalized spacial score (nSPS) is 10.2. The standard InChI is InChI=1S/C10H9BrClFO/c11-4-3-10(14)7-1-2-9(13)8(5-7)6-12/h1-2,5H,3-4,6H2. The van der Waals surface area contributed by atoms with E-state index in [9.17, 15) is 9.18 Å². The largest absolute Gasteiger partial charge is 0.294 e. The molecule has 0 aliphatic heterocycles. The third-order valence-electron chi connectivity index (χ3n) is 1.83. The molecule has 0 N–H and O–H groups in total. The number of rotatable bonds is 4. The summed E-state index contributed by atoms with van der Waals surface area (Å²) in [6, 6.07) is 4.27. The smallest absolute Gasteiger partial charge is 0.163 e. The fourth-order valence-corrected chi connectivity index (χ4v) is 1.65. The highest BCUT2D eigenvalue weighted by atomic mass is 79.9. The Balaban J connectivity index is 2.94. The van der Waals surface area contributed by atoms with Gasteiger partial charge in [0, 0.05) is 22.9 Å². The van der Waals surface area contributed by atoms with Gasteiger partial charge in [-0.05, 0) is 18.2 Å². The van der Waals surface area contributed by atoms with Crippen LogP contribution in [0.1, 0.15) is 22.3 Å². The van der Waals surface area contributed by atoms with Crippen molar-refractivity contribution in [3.8, 4) is 0 Å². The van der Waals surface area contributed by atoms with Crippen LogP contribution in [0.5, 0.6) is 0 Å². The molecular weight excluding hydrogens is 270 g/mol. The van der Waals surface area contributed by atoms with E-state index in [4.69, 9.17) is 11.6 Å². The Bertz CT molecular complexity index is 341. The first-order valence-electron chi connectivity index (χ1n) is 4.12. The van der Waals surface area contributed by atoms with Crippen LogP contribution in [0.25, 0.3) is 0 Å². The molecule has 1 nitrogen and oxygen atoms in total. The summed E-state index contributed by atoms with van der Waals surface area (Å²) in [5, 5.41) is 0.611. The number of ketones is 1. The zero-order valence-electron chi connectivity index (χ0n) is 7.40. The lowest BCUT2D eigenvalue weighted by molar-refractivity contribution is 0.0989. The number of hydrogen-bond acceptors (Lipinski definition) is 1.